The molecule has 0 saturated carbocycles. The van der Waals surface area contributed by atoms with E-state index in [1.54, 1.807) is 0 Å². The number of rotatable bonds is 4. The minimum Gasteiger partial charge on any atom is -0.492 e. The fourth-order valence-electron chi connectivity index (χ4n) is 0.888. The minimum atomic E-state index is -3.63. The van der Waals surface area contributed by atoms with E-state index >= 15 is 0 Å². The first-order chi connectivity index (χ1) is 6.87. The first kappa shape index (κ1) is 11.9. The lowest BCUT2D eigenvalue weighted by Crippen LogP contribution is -2.21. The third-order valence-electron chi connectivity index (χ3n) is 1.47. The maximum absolute atomic E-state index is 12.6. The monoisotopic (exact) mass is 237 g/mol. The van der Waals surface area contributed by atoms with E-state index in [4.69, 9.17) is 9.88 Å². The van der Waals surface area contributed by atoms with Crippen LogP contribution in [0.15, 0.2) is 18.2 Å². The zero-order valence-electron chi connectivity index (χ0n) is 7.61. The van der Waals surface area contributed by atoms with Gasteiger partial charge in [0.15, 0.2) is 0 Å². The SMILES string of the molecule is NS(=O)(=O)CCOc1cc(F)cc(F)c1. The van der Waals surface area contributed by atoms with Crippen LogP contribution in [0.3, 0.4) is 0 Å². The number of sulfonamides is 1. The zero-order chi connectivity index (χ0) is 11.5. The van der Waals surface area contributed by atoms with Gasteiger partial charge in [-0.25, -0.2) is 22.3 Å². The third-order valence-corrected chi connectivity index (χ3v) is 2.21. The summed E-state index contributed by atoms with van der Waals surface area (Å²) >= 11 is 0. The molecule has 0 heterocycles. The molecule has 7 heteroatoms. The average molecular weight is 237 g/mol. The molecule has 84 valence electrons. The Labute approximate surface area is 85.7 Å². The molecule has 0 bridgehead atoms. The molecule has 0 unspecified atom stereocenters. The van der Waals surface area contributed by atoms with Gasteiger partial charge in [0.1, 0.15) is 24.0 Å². The normalized spacial score (nSPS) is 11.4. The van der Waals surface area contributed by atoms with Gasteiger partial charge in [-0.2, -0.15) is 0 Å². The van der Waals surface area contributed by atoms with Crippen LogP contribution >= 0.6 is 0 Å². The second-order valence-corrected chi connectivity index (χ2v) is 4.55. The summed E-state index contributed by atoms with van der Waals surface area (Å²) in [6.45, 7) is -0.248. The van der Waals surface area contributed by atoms with Gasteiger partial charge in [0, 0.05) is 18.2 Å². The van der Waals surface area contributed by atoms with E-state index in [-0.39, 0.29) is 12.4 Å². The van der Waals surface area contributed by atoms with Crippen molar-refractivity contribution in [1.29, 1.82) is 0 Å². The van der Waals surface area contributed by atoms with Gasteiger partial charge in [-0.1, -0.05) is 0 Å². The Bertz CT molecular complexity index is 427. The van der Waals surface area contributed by atoms with Crippen molar-refractivity contribution in [1.82, 2.24) is 0 Å². The van der Waals surface area contributed by atoms with Crippen LogP contribution in [-0.4, -0.2) is 20.8 Å². The van der Waals surface area contributed by atoms with Gasteiger partial charge in [-0.05, 0) is 0 Å². The first-order valence-electron chi connectivity index (χ1n) is 3.96. The molecule has 0 aliphatic carbocycles. The van der Waals surface area contributed by atoms with Crippen LogP contribution in [0.2, 0.25) is 0 Å². The van der Waals surface area contributed by atoms with Gasteiger partial charge in [0.05, 0.1) is 5.75 Å². The molecule has 0 aliphatic heterocycles. The summed E-state index contributed by atoms with van der Waals surface area (Å²) in [5, 5.41) is 4.70. The van der Waals surface area contributed by atoms with Gasteiger partial charge in [-0.3, -0.25) is 0 Å². The van der Waals surface area contributed by atoms with Crippen LogP contribution < -0.4 is 9.88 Å². The Balaban J connectivity index is 2.58. The molecule has 0 radical (unpaired) electrons. The summed E-state index contributed by atoms with van der Waals surface area (Å²) in [4.78, 5) is 0. The van der Waals surface area contributed by atoms with Crippen molar-refractivity contribution < 1.29 is 21.9 Å². The van der Waals surface area contributed by atoms with E-state index in [0.717, 1.165) is 12.1 Å². The molecule has 2 N–H and O–H groups in total. The predicted octanol–water partition coefficient (Wildman–Crippen LogP) is 0.632. The van der Waals surface area contributed by atoms with E-state index < -0.39 is 27.4 Å². The Hall–Kier alpha value is -1.21. The highest BCUT2D eigenvalue weighted by Gasteiger charge is 2.05. The number of benzene rings is 1. The van der Waals surface area contributed by atoms with Crippen LogP contribution in [0.4, 0.5) is 8.78 Å². The Morgan fingerprint density at radius 1 is 1.20 bits per heavy atom. The molecule has 0 atom stereocenters. The average Bonchev–Trinajstić information content (AvgIpc) is 1.99. The fourth-order valence-corrected chi connectivity index (χ4v) is 1.20. The highest BCUT2D eigenvalue weighted by atomic mass is 32.2. The lowest BCUT2D eigenvalue weighted by atomic mass is 10.3. The summed E-state index contributed by atoms with van der Waals surface area (Å²) in [6, 6.07) is 2.59. The summed E-state index contributed by atoms with van der Waals surface area (Å²) < 4.78 is 51.1. The highest BCUT2D eigenvalue weighted by molar-refractivity contribution is 7.89. The van der Waals surface area contributed by atoms with Crippen LogP contribution in [0.1, 0.15) is 0 Å². The topological polar surface area (TPSA) is 69.4 Å². The second kappa shape index (κ2) is 4.54. The largest absolute Gasteiger partial charge is 0.492 e. The van der Waals surface area contributed by atoms with Crippen LogP contribution in [0, 0.1) is 11.6 Å². The van der Waals surface area contributed by atoms with Gasteiger partial charge in [0.25, 0.3) is 0 Å². The number of primary sulfonamides is 1. The molecule has 1 aromatic carbocycles. The molecule has 1 rings (SSSR count). The highest BCUT2D eigenvalue weighted by Crippen LogP contribution is 2.14. The molecule has 1 aromatic rings. The molecule has 0 aromatic heterocycles. The van der Waals surface area contributed by atoms with Crippen molar-refractivity contribution in [2.45, 2.75) is 0 Å². The molecule has 0 saturated heterocycles. The summed E-state index contributed by atoms with van der Waals surface area (Å²) in [5.41, 5.74) is 0. The molecule has 0 aliphatic rings. The van der Waals surface area contributed by atoms with Gasteiger partial charge < -0.3 is 4.74 Å². The quantitative estimate of drug-likeness (QED) is 0.835. The van der Waals surface area contributed by atoms with Crippen molar-refractivity contribution in [2.75, 3.05) is 12.4 Å². The lowest BCUT2D eigenvalue weighted by molar-refractivity contribution is 0.336. The molecule has 0 amide bonds. The van der Waals surface area contributed by atoms with Crippen LogP contribution in [-0.2, 0) is 10.0 Å². The van der Waals surface area contributed by atoms with Crippen molar-refractivity contribution in [3.8, 4) is 5.75 Å². The standard InChI is InChI=1S/C8H9F2NO3S/c9-6-3-7(10)5-8(4-6)14-1-2-15(11,12)13/h3-5H,1-2H2,(H2,11,12,13). The van der Waals surface area contributed by atoms with Gasteiger partial charge >= 0.3 is 0 Å². The third kappa shape index (κ3) is 4.71. The maximum atomic E-state index is 12.6. The Kier molecular flexibility index (Phi) is 3.59. The lowest BCUT2D eigenvalue weighted by Gasteiger charge is -2.05. The van der Waals surface area contributed by atoms with Crippen molar-refractivity contribution in [2.24, 2.45) is 5.14 Å². The zero-order valence-corrected chi connectivity index (χ0v) is 8.43. The van der Waals surface area contributed by atoms with E-state index in [0.29, 0.717) is 6.07 Å². The number of ether oxygens (including phenoxy) is 1. The molecular weight excluding hydrogens is 228 g/mol. The Morgan fingerprint density at radius 3 is 2.20 bits per heavy atom. The van der Waals surface area contributed by atoms with Crippen molar-refractivity contribution in [3.63, 3.8) is 0 Å². The first-order valence-corrected chi connectivity index (χ1v) is 5.68. The predicted molar refractivity (Wildman–Crippen MR) is 49.8 cm³/mol. The molecular formula is C8H9F2NO3S. The van der Waals surface area contributed by atoms with E-state index in [2.05, 4.69) is 0 Å². The second-order valence-electron chi connectivity index (χ2n) is 2.82. The number of nitrogens with two attached hydrogens (primary N) is 1. The van der Waals surface area contributed by atoms with E-state index in [1.807, 2.05) is 0 Å². The summed E-state index contributed by atoms with van der Waals surface area (Å²) in [5.74, 6) is -2.07. The number of hydrogen-bond donors (Lipinski definition) is 1. The van der Waals surface area contributed by atoms with Crippen molar-refractivity contribution in [3.05, 3.63) is 29.8 Å². The smallest absolute Gasteiger partial charge is 0.212 e. The molecule has 15 heavy (non-hydrogen) atoms. The fraction of sp³-hybridized carbons (Fsp3) is 0.250. The summed E-state index contributed by atoms with van der Waals surface area (Å²) in [7, 11) is -3.63. The number of hydrogen-bond acceptors (Lipinski definition) is 3. The number of halogens is 2. The van der Waals surface area contributed by atoms with Crippen LogP contribution in [0.25, 0.3) is 0 Å². The molecule has 0 spiro atoms. The van der Waals surface area contributed by atoms with Gasteiger partial charge in [-0.15, -0.1) is 0 Å². The van der Waals surface area contributed by atoms with E-state index in [1.165, 1.54) is 0 Å². The summed E-state index contributed by atoms with van der Waals surface area (Å²) in [6.07, 6.45) is 0. The molecule has 0 fully saturated rings. The maximum Gasteiger partial charge on any atom is 0.212 e. The Morgan fingerprint density at radius 2 is 1.73 bits per heavy atom. The minimum absolute atomic E-state index is 0.0730. The van der Waals surface area contributed by atoms with Gasteiger partial charge in [0.2, 0.25) is 10.0 Å². The van der Waals surface area contributed by atoms with E-state index in [9.17, 15) is 17.2 Å². The molecule has 4 nitrogen and oxygen atoms in total. The van der Waals surface area contributed by atoms with Crippen LogP contribution in [0.5, 0.6) is 5.75 Å². The van der Waals surface area contributed by atoms with Crippen molar-refractivity contribution >= 4 is 10.0 Å².